The number of nitrogens with one attached hydrogen (secondary N) is 1. The minimum atomic E-state index is -4.16. The number of sulfonamides is 1. The second-order valence-electron chi connectivity index (χ2n) is 10.6. The molecule has 41 heavy (non-hydrogen) atoms. The second kappa shape index (κ2) is 14.0. The Morgan fingerprint density at radius 1 is 0.927 bits per heavy atom. The number of rotatable bonds is 11. The molecule has 0 unspecified atom stereocenters. The average Bonchev–Trinajstić information content (AvgIpc) is 2.98. The molecule has 0 bridgehead atoms. The van der Waals surface area contributed by atoms with Crippen molar-refractivity contribution in [2.45, 2.75) is 75.9 Å². The fraction of sp³-hybridized carbons (Fsp3) is 0.375. The van der Waals surface area contributed by atoms with Gasteiger partial charge in [0.15, 0.2) is 0 Å². The summed E-state index contributed by atoms with van der Waals surface area (Å²) in [5.74, 6) is -0.703. The Kier molecular flexibility index (Phi) is 10.5. The molecule has 1 fully saturated rings. The van der Waals surface area contributed by atoms with Gasteiger partial charge in [0.1, 0.15) is 12.6 Å². The predicted molar refractivity (Wildman–Crippen MR) is 163 cm³/mol. The Morgan fingerprint density at radius 2 is 1.56 bits per heavy atom. The van der Waals surface area contributed by atoms with Gasteiger partial charge in [-0.1, -0.05) is 97.9 Å². The highest BCUT2D eigenvalue weighted by atomic mass is 35.5. The van der Waals surface area contributed by atoms with Crippen molar-refractivity contribution in [3.8, 4) is 0 Å². The van der Waals surface area contributed by atoms with Crippen LogP contribution >= 0.6 is 11.6 Å². The molecule has 218 valence electrons. The summed E-state index contributed by atoms with van der Waals surface area (Å²) in [4.78, 5) is 29.3. The van der Waals surface area contributed by atoms with Gasteiger partial charge in [0, 0.05) is 12.6 Å². The van der Waals surface area contributed by atoms with Crippen LogP contribution in [0.5, 0.6) is 0 Å². The first-order valence-corrected chi connectivity index (χ1v) is 16.0. The topological polar surface area (TPSA) is 86.8 Å². The Bertz CT molecular complexity index is 1420. The third-order valence-electron chi connectivity index (χ3n) is 7.54. The van der Waals surface area contributed by atoms with Crippen LogP contribution < -0.4 is 9.62 Å². The summed E-state index contributed by atoms with van der Waals surface area (Å²) in [6.07, 6.45) is 5.52. The highest BCUT2D eigenvalue weighted by Crippen LogP contribution is 2.31. The van der Waals surface area contributed by atoms with Crippen molar-refractivity contribution < 1.29 is 18.0 Å². The van der Waals surface area contributed by atoms with Gasteiger partial charge >= 0.3 is 0 Å². The first kappa shape index (κ1) is 30.6. The van der Waals surface area contributed by atoms with Crippen molar-refractivity contribution in [2.24, 2.45) is 0 Å². The van der Waals surface area contributed by atoms with E-state index in [1.165, 1.54) is 17.0 Å². The largest absolute Gasteiger partial charge is 0.352 e. The standard InChI is InChI=1S/C32H38ClN3O4S/c1-3-29(32(38)34-26-12-6-4-7-13-26)35(22-25-20-18-24(2)19-21-25)31(37)23-36(30-17-11-10-16-28(30)33)41(39,40)27-14-8-5-9-15-27/h5,8-11,14-21,26,29H,3-4,6-7,12-13,22-23H2,1-2H3,(H,34,38)/t29-/m1/s1. The maximum Gasteiger partial charge on any atom is 0.264 e. The first-order valence-electron chi connectivity index (χ1n) is 14.2. The molecule has 0 saturated heterocycles. The zero-order valence-corrected chi connectivity index (χ0v) is 25.2. The average molecular weight is 596 g/mol. The molecule has 1 aliphatic carbocycles. The van der Waals surface area contributed by atoms with Crippen LogP contribution in [0.4, 0.5) is 5.69 Å². The SMILES string of the molecule is CC[C@H](C(=O)NC1CCCCC1)N(Cc1ccc(C)cc1)C(=O)CN(c1ccccc1Cl)S(=O)(=O)c1ccccc1. The third-order valence-corrected chi connectivity index (χ3v) is 9.64. The highest BCUT2D eigenvalue weighted by molar-refractivity contribution is 7.92. The van der Waals surface area contributed by atoms with Crippen LogP contribution in [0.3, 0.4) is 0 Å². The van der Waals surface area contributed by atoms with Crippen molar-refractivity contribution in [1.82, 2.24) is 10.2 Å². The number of aryl methyl sites for hydroxylation is 1. The summed E-state index contributed by atoms with van der Waals surface area (Å²) in [6, 6.07) is 21.6. The number of amides is 2. The van der Waals surface area contributed by atoms with Crippen LogP contribution in [-0.2, 0) is 26.2 Å². The molecule has 3 aromatic rings. The van der Waals surface area contributed by atoms with Crippen molar-refractivity contribution in [2.75, 3.05) is 10.8 Å². The summed E-state index contributed by atoms with van der Waals surface area (Å²) in [6.45, 7) is 3.50. The van der Waals surface area contributed by atoms with Gasteiger partial charge in [-0.2, -0.15) is 0 Å². The first-order chi connectivity index (χ1) is 19.7. The third kappa shape index (κ3) is 7.68. The Labute approximate surface area is 248 Å². The smallest absolute Gasteiger partial charge is 0.264 e. The Balaban J connectivity index is 1.70. The molecular formula is C32H38ClN3O4S. The molecule has 0 radical (unpaired) electrons. The normalized spacial score (nSPS) is 14.7. The van der Waals surface area contributed by atoms with Gasteiger partial charge in [-0.3, -0.25) is 13.9 Å². The van der Waals surface area contributed by atoms with E-state index in [-0.39, 0.29) is 34.1 Å². The van der Waals surface area contributed by atoms with Gasteiger partial charge in [0.2, 0.25) is 11.8 Å². The van der Waals surface area contributed by atoms with Crippen molar-refractivity contribution in [3.05, 3.63) is 95.0 Å². The van der Waals surface area contributed by atoms with E-state index in [0.29, 0.717) is 6.42 Å². The summed E-state index contributed by atoms with van der Waals surface area (Å²) < 4.78 is 28.8. The molecular weight excluding hydrogens is 558 g/mol. The van der Waals surface area contributed by atoms with Crippen LogP contribution in [0.25, 0.3) is 0 Å². The Morgan fingerprint density at radius 3 is 2.20 bits per heavy atom. The molecule has 0 aromatic heterocycles. The van der Waals surface area contributed by atoms with Gasteiger partial charge in [-0.05, 0) is 56.0 Å². The maximum absolute atomic E-state index is 14.2. The van der Waals surface area contributed by atoms with Gasteiger partial charge < -0.3 is 10.2 Å². The zero-order valence-electron chi connectivity index (χ0n) is 23.6. The summed E-state index contributed by atoms with van der Waals surface area (Å²) in [5.41, 5.74) is 2.12. The molecule has 3 aromatic carbocycles. The van der Waals surface area contributed by atoms with Gasteiger partial charge in [0.05, 0.1) is 15.6 Å². The lowest BCUT2D eigenvalue weighted by Gasteiger charge is -2.34. The summed E-state index contributed by atoms with van der Waals surface area (Å²) in [7, 11) is -4.16. The Hall–Kier alpha value is -3.36. The quantitative estimate of drug-likeness (QED) is 0.290. The molecule has 2 amide bonds. The van der Waals surface area contributed by atoms with Gasteiger partial charge in [-0.25, -0.2) is 8.42 Å². The van der Waals surface area contributed by atoms with E-state index >= 15 is 0 Å². The minimum Gasteiger partial charge on any atom is -0.352 e. The molecule has 4 rings (SSSR count). The lowest BCUT2D eigenvalue weighted by molar-refractivity contribution is -0.140. The molecule has 1 aliphatic rings. The summed E-state index contributed by atoms with van der Waals surface area (Å²) in [5, 5.41) is 3.37. The summed E-state index contributed by atoms with van der Waals surface area (Å²) >= 11 is 6.47. The number of nitrogens with zero attached hydrogens (tertiary/aromatic N) is 2. The van der Waals surface area contributed by atoms with E-state index in [2.05, 4.69) is 5.32 Å². The van der Waals surface area contributed by atoms with Crippen LogP contribution in [0.2, 0.25) is 5.02 Å². The van der Waals surface area contributed by atoms with Crippen LogP contribution in [0.1, 0.15) is 56.6 Å². The maximum atomic E-state index is 14.2. The monoisotopic (exact) mass is 595 g/mol. The van der Waals surface area contributed by atoms with Crippen molar-refractivity contribution >= 4 is 39.1 Å². The van der Waals surface area contributed by atoms with E-state index in [0.717, 1.165) is 47.5 Å². The van der Waals surface area contributed by atoms with Crippen molar-refractivity contribution in [3.63, 3.8) is 0 Å². The molecule has 0 heterocycles. The number of para-hydroxylation sites is 1. The van der Waals surface area contributed by atoms with Gasteiger partial charge in [-0.15, -0.1) is 0 Å². The lowest BCUT2D eigenvalue weighted by Crippen LogP contribution is -2.54. The molecule has 0 spiro atoms. The highest BCUT2D eigenvalue weighted by Gasteiger charge is 2.35. The molecule has 1 N–H and O–H groups in total. The van der Waals surface area contributed by atoms with Crippen LogP contribution in [0, 0.1) is 6.92 Å². The van der Waals surface area contributed by atoms with E-state index in [9.17, 15) is 18.0 Å². The molecule has 9 heteroatoms. The molecule has 1 atom stereocenters. The van der Waals surface area contributed by atoms with Gasteiger partial charge in [0.25, 0.3) is 10.0 Å². The van der Waals surface area contributed by atoms with E-state index in [4.69, 9.17) is 11.6 Å². The van der Waals surface area contributed by atoms with E-state index in [1.807, 2.05) is 38.1 Å². The minimum absolute atomic E-state index is 0.0416. The molecule has 0 aliphatic heterocycles. The zero-order chi connectivity index (χ0) is 29.4. The van der Waals surface area contributed by atoms with E-state index < -0.39 is 28.5 Å². The second-order valence-corrected chi connectivity index (χ2v) is 12.8. The number of benzene rings is 3. The van der Waals surface area contributed by atoms with Crippen LogP contribution in [0.15, 0.2) is 83.8 Å². The number of hydrogen-bond acceptors (Lipinski definition) is 4. The molecule has 7 nitrogen and oxygen atoms in total. The number of hydrogen-bond donors (Lipinski definition) is 1. The fourth-order valence-corrected chi connectivity index (χ4v) is 6.98. The number of halogens is 1. The number of carbonyl (C=O) groups excluding carboxylic acids is 2. The molecule has 1 saturated carbocycles. The van der Waals surface area contributed by atoms with Crippen molar-refractivity contribution in [1.29, 1.82) is 0 Å². The van der Waals surface area contributed by atoms with Crippen LogP contribution in [-0.4, -0.2) is 43.8 Å². The number of anilines is 1. The lowest BCUT2D eigenvalue weighted by atomic mass is 9.95. The predicted octanol–water partition coefficient (Wildman–Crippen LogP) is 6.10. The fourth-order valence-electron chi connectivity index (χ4n) is 5.24. The number of carbonyl (C=O) groups is 2. The van der Waals surface area contributed by atoms with E-state index in [1.54, 1.807) is 42.5 Å².